The third kappa shape index (κ3) is 6.55. The molecule has 1 fully saturated rings. The lowest BCUT2D eigenvalue weighted by molar-refractivity contribution is -0.116. The summed E-state index contributed by atoms with van der Waals surface area (Å²) in [5.74, 6) is 1.57. The zero-order valence-corrected chi connectivity index (χ0v) is 16.4. The highest BCUT2D eigenvalue weighted by atomic mass is 16.5. The van der Waals surface area contributed by atoms with Gasteiger partial charge in [-0.15, -0.1) is 0 Å². The summed E-state index contributed by atoms with van der Waals surface area (Å²) in [7, 11) is 1.63. The fourth-order valence-corrected chi connectivity index (χ4v) is 3.03. The number of ether oxygens (including phenoxy) is 3. The van der Waals surface area contributed by atoms with E-state index >= 15 is 0 Å². The number of nitrogens with one attached hydrogen (secondary N) is 1. The van der Waals surface area contributed by atoms with Gasteiger partial charge in [-0.2, -0.15) is 0 Å². The highest BCUT2D eigenvalue weighted by Gasteiger charge is 2.10. The molecule has 1 N–H and O–H groups in total. The van der Waals surface area contributed by atoms with Crippen molar-refractivity contribution < 1.29 is 19.0 Å². The topological polar surface area (TPSA) is 60.0 Å². The van der Waals surface area contributed by atoms with Gasteiger partial charge in [-0.25, -0.2) is 0 Å². The quantitative estimate of drug-likeness (QED) is 0.672. The zero-order valence-electron chi connectivity index (χ0n) is 16.4. The fraction of sp³-hybridized carbons (Fsp3) is 0.409. The molecule has 0 bridgehead atoms. The third-order valence-electron chi connectivity index (χ3n) is 4.62. The van der Waals surface area contributed by atoms with Gasteiger partial charge in [0, 0.05) is 31.7 Å². The maximum atomic E-state index is 12.1. The van der Waals surface area contributed by atoms with Crippen LogP contribution >= 0.6 is 0 Å². The number of morpholine rings is 1. The Morgan fingerprint density at radius 1 is 1.04 bits per heavy atom. The van der Waals surface area contributed by atoms with Crippen molar-refractivity contribution in [1.82, 2.24) is 4.90 Å². The molecule has 0 aromatic heterocycles. The Balaban J connectivity index is 1.34. The molecule has 1 saturated heterocycles. The van der Waals surface area contributed by atoms with Crippen LogP contribution in [0, 0.1) is 0 Å². The molecule has 0 radical (unpaired) electrons. The first-order valence-electron chi connectivity index (χ1n) is 9.69. The van der Waals surface area contributed by atoms with Crippen LogP contribution in [0.25, 0.3) is 0 Å². The Labute approximate surface area is 166 Å². The van der Waals surface area contributed by atoms with Gasteiger partial charge in [-0.05, 0) is 48.4 Å². The normalized spacial score (nSPS) is 14.5. The molecule has 1 aliphatic rings. The van der Waals surface area contributed by atoms with Crippen LogP contribution in [0.2, 0.25) is 0 Å². The number of amides is 1. The Bertz CT molecular complexity index is 725. The minimum atomic E-state index is -0.000685. The Morgan fingerprint density at radius 2 is 1.71 bits per heavy atom. The van der Waals surface area contributed by atoms with E-state index in [0.717, 1.165) is 50.0 Å². The van der Waals surface area contributed by atoms with Crippen molar-refractivity contribution in [2.75, 3.05) is 45.3 Å². The molecule has 1 heterocycles. The van der Waals surface area contributed by atoms with Gasteiger partial charge in [0.15, 0.2) is 0 Å². The second kappa shape index (κ2) is 10.7. The summed E-state index contributed by atoms with van der Waals surface area (Å²) in [6.07, 6.45) is 1.08. The predicted octanol–water partition coefficient (Wildman–Crippen LogP) is 3.33. The van der Waals surface area contributed by atoms with Crippen molar-refractivity contribution in [3.05, 3.63) is 54.1 Å². The van der Waals surface area contributed by atoms with Gasteiger partial charge in [-0.3, -0.25) is 9.69 Å². The number of rotatable bonds is 9. The smallest absolute Gasteiger partial charge is 0.224 e. The van der Waals surface area contributed by atoms with Gasteiger partial charge in [0.1, 0.15) is 11.5 Å². The maximum absolute atomic E-state index is 12.1. The van der Waals surface area contributed by atoms with Crippen molar-refractivity contribution in [1.29, 1.82) is 0 Å². The lowest BCUT2D eigenvalue weighted by atomic mass is 10.2. The minimum absolute atomic E-state index is 0.000685. The SMILES string of the molecule is COc1ccc(OCCCC(=O)Nc2ccc(CN3CCOCC3)cc2)cc1. The summed E-state index contributed by atoms with van der Waals surface area (Å²) in [5, 5.41) is 2.94. The van der Waals surface area contributed by atoms with Gasteiger partial charge >= 0.3 is 0 Å². The van der Waals surface area contributed by atoms with Crippen molar-refractivity contribution in [3.63, 3.8) is 0 Å². The number of anilines is 1. The molecule has 2 aromatic carbocycles. The van der Waals surface area contributed by atoms with Crippen molar-refractivity contribution in [2.24, 2.45) is 0 Å². The highest BCUT2D eigenvalue weighted by molar-refractivity contribution is 5.90. The molecule has 0 saturated carbocycles. The number of carbonyl (C=O) groups is 1. The summed E-state index contributed by atoms with van der Waals surface area (Å²) in [4.78, 5) is 14.5. The molecule has 3 rings (SSSR count). The second-order valence-corrected chi connectivity index (χ2v) is 6.76. The number of hydrogen-bond donors (Lipinski definition) is 1. The van der Waals surface area contributed by atoms with Gasteiger partial charge in [0.05, 0.1) is 26.9 Å². The monoisotopic (exact) mass is 384 g/mol. The fourth-order valence-electron chi connectivity index (χ4n) is 3.03. The molecule has 0 unspecified atom stereocenters. The van der Waals surface area contributed by atoms with Crippen LogP contribution in [0.15, 0.2) is 48.5 Å². The first-order valence-corrected chi connectivity index (χ1v) is 9.69. The van der Waals surface area contributed by atoms with Crippen LogP contribution in [-0.2, 0) is 16.1 Å². The van der Waals surface area contributed by atoms with Crippen molar-refractivity contribution >= 4 is 11.6 Å². The highest BCUT2D eigenvalue weighted by Crippen LogP contribution is 2.17. The van der Waals surface area contributed by atoms with E-state index in [1.165, 1.54) is 5.56 Å². The summed E-state index contributed by atoms with van der Waals surface area (Å²) in [6, 6.07) is 15.5. The van der Waals surface area contributed by atoms with E-state index in [1.54, 1.807) is 7.11 Å². The van der Waals surface area contributed by atoms with E-state index in [0.29, 0.717) is 19.4 Å². The van der Waals surface area contributed by atoms with Crippen LogP contribution < -0.4 is 14.8 Å². The number of carbonyl (C=O) groups excluding carboxylic acids is 1. The molecule has 0 atom stereocenters. The summed E-state index contributed by atoms with van der Waals surface area (Å²) in [5.41, 5.74) is 2.07. The Hall–Kier alpha value is -2.57. The molecule has 2 aromatic rings. The lowest BCUT2D eigenvalue weighted by Crippen LogP contribution is -2.35. The molecular weight excluding hydrogens is 356 g/mol. The van der Waals surface area contributed by atoms with Gasteiger partial charge in [0.2, 0.25) is 5.91 Å². The average molecular weight is 384 g/mol. The van der Waals surface area contributed by atoms with E-state index in [2.05, 4.69) is 22.3 Å². The van der Waals surface area contributed by atoms with Crippen LogP contribution in [-0.4, -0.2) is 50.8 Å². The molecule has 150 valence electrons. The summed E-state index contributed by atoms with van der Waals surface area (Å²) < 4.78 is 16.1. The van der Waals surface area contributed by atoms with E-state index in [4.69, 9.17) is 14.2 Å². The van der Waals surface area contributed by atoms with Crippen LogP contribution in [0.4, 0.5) is 5.69 Å². The van der Waals surface area contributed by atoms with Crippen LogP contribution in [0.1, 0.15) is 18.4 Å². The lowest BCUT2D eigenvalue weighted by Gasteiger charge is -2.26. The zero-order chi connectivity index (χ0) is 19.6. The molecule has 1 aliphatic heterocycles. The van der Waals surface area contributed by atoms with E-state index in [1.807, 2.05) is 36.4 Å². The number of methoxy groups -OCH3 is 1. The molecule has 1 amide bonds. The van der Waals surface area contributed by atoms with Gasteiger partial charge in [0.25, 0.3) is 0 Å². The molecule has 6 heteroatoms. The Kier molecular flexibility index (Phi) is 7.70. The second-order valence-electron chi connectivity index (χ2n) is 6.76. The summed E-state index contributed by atoms with van der Waals surface area (Å²) in [6.45, 7) is 4.96. The minimum Gasteiger partial charge on any atom is -0.497 e. The number of benzene rings is 2. The molecule has 28 heavy (non-hydrogen) atoms. The van der Waals surface area contributed by atoms with Gasteiger partial charge in [-0.1, -0.05) is 12.1 Å². The van der Waals surface area contributed by atoms with Crippen LogP contribution in [0.3, 0.4) is 0 Å². The molecular formula is C22H28N2O4. The number of nitrogens with zero attached hydrogens (tertiary/aromatic N) is 1. The van der Waals surface area contributed by atoms with E-state index in [-0.39, 0.29) is 5.91 Å². The Morgan fingerprint density at radius 3 is 2.39 bits per heavy atom. The van der Waals surface area contributed by atoms with E-state index < -0.39 is 0 Å². The van der Waals surface area contributed by atoms with Crippen LogP contribution in [0.5, 0.6) is 11.5 Å². The first-order chi connectivity index (χ1) is 13.7. The molecule has 6 nitrogen and oxygen atoms in total. The third-order valence-corrected chi connectivity index (χ3v) is 4.62. The van der Waals surface area contributed by atoms with Gasteiger partial charge < -0.3 is 19.5 Å². The van der Waals surface area contributed by atoms with Crippen molar-refractivity contribution in [3.8, 4) is 11.5 Å². The average Bonchev–Trinajstić information content (AvgIpc) is 2.74. The first kappa shape index (κ1) is 20.2. The summed E-state index contributed by atoms with van der Waals surface area (Å²) >= 11 is 0. The van der Waals surface area contributed by atoms with E-state index in [9.17, 15) is 4.79 Å². The van der Waals surface area contributed by atoms with Crippen molar-refractivity contribution in [2.45, 2.75) is 19.4 Å². The predicted molar refractivity (Wildman–Crippen MR) is 109 cm³/mol. The largest absolute Gasteiger partial charge is 0.497 e. The number of hydrogen-bond acceptors (Lipinski definition) is 5. The standard InChI is InChI=1S/C22H28N2O4/c1-26-20-8-10-21(11-9-20)28-14-2-3-22(25)23-19-6-4-18(5-7-19)17-24-12-15-27-16-13-24/h4-11H,2-3,12-17H2,1H3,(H,23,25). The maximum Gasteiger partial charge on any atom is 0.224 e. The molecule has 0 aliphatic carbocycles. The molecule has 0 spiro atoms.